The highest BCUT2D eigenvalue weighted by Gasteiger charge is 2.39. The Labute approximate surface area is 151 Å². The van der Waals surface area contributed by atoms with Gasteiger partial charge in [0.2, 0.25) is 0 Å². The van der Waals surface area contributed by atoms with E-state index in [1.54, 1.807) is 4.90 Å². The molecule has 0 spiro atoms. The van der Waals surface area contributed by atoms with Crippen molar-refractivity contribution < 1.29 is 9.59 Å². The molecule has 0 N–H and O–H groups in total. The zero-order valence-corrected chi connectivity index (χ0v) is 15.1. The van der Waals surface area contributed by atoms with E-state index < -0.39 is 0 Å². The molecule has 5 nitrogen and oxygen atoms in total. The highest BCUT2D eigenvalue weighted by molar-refractivity contribution is 8.18. The third-order valence-electron chi connectivity index (χ3n) is 4.81. The average Bonchev–Trinajstić information content (AvgIpc) is 3.14. The van der Waals surface area contributed by atoms with Crippen molar-refractivity contribution >= 4 is 40.0 Å². The highest BCUT2D eigenvalue weighted by atomic mass is 32.2. The van der Waals surface area contributed by atoms with Gasteiger partial charge in [-0.2, -0.15) is 4.99 Å². The number of benzene rings is 1. The zero-order chi connectivity index (χ0) is 17.4. The van der Waals surface area contributed by atoms with Crippen LogP contribution in [-0.4, -0.2) is 41.5 Å². The van der Waals surface area contributed by atoms with Gasteiger partial charge < -0.3 is 9.80 Å². The molecule has 4 rings (SSSR count). The van der Waals surface area contributed by atoms with Gasteiger partial charge in [-0.3, -0.25) is 9.59 Å². The van der Waals surface area contributed by atoms with Gasteiger partial charge in [0.15, 0.2) is 5.17 Å². The van der Waals surface area contributed by atoms with E-state index in [9.17, 15) is 9.59 Å². The molecular weight excluding hydrogens is 334 g/mol. The molecule has 3 aliphatic heterocycles. The first kappa shape index (κ1) is 16.4. The van der Waals surface area contributed by atoms with Crippen LogP contribution in [0.1, 0.15) is 38.2 Å². The first-order valence-electron chi connectivity index (χ1n) is 8.92. The number of piperidine rings is 1. The molecule has 0 atom stereocenters. The number of nitrogens with zero attached hydrogens (tertiary/aromatic N) is 3. The largest absolute Gasteiger partial charge is 0.351 e. The fourth-order valence-corrected chi connectivity index (χ4v) is 4.67. The number of hydrogen-bond acceptors (Lipinski definition) is 4. The maximum absolute atomic E-state index is 13.0. The fourth-order valence-electron chi connectivity index (χ4n) is 3.62. The molecule has 1 fully saturated rings. The van der Waals surface area contributed by atoms with Crippen LogP contribution in [0, 0.1) is 0 Å². The summed E-state index contributed by atoms with van der Waals surface area (Å²) >= 11 is 1.37. The first-order valence-corrected chi connectivity index (χ1v) is 9.73. The standard InChI is InChI=1S/C19H21N3O2S/c1-2-10-22-14-9-5-4-8-13(14)15(18(22)24)16-17(23)20-19(25-16)21-11-6-3-7-12-21/h4-5,8-9H,2-3,6-7,10-12H2,1H3/b16-15+. The van der Waals surface area contributed by atoms with Crippen molar-refractivity contribution in [2.75, 3.05) is 24.5 Å². The lowest BCUT2D eigenvalue weighted by molar-refractivity contribution is -0.115. The predicted molar refractivity (Wildman–Crippen MR) is 101 cm³/mol. The van der Waals surface area contributed by atoms with Crippen molar-refractivity contribution in [3.05, 3.63) is 34.7 Å². The van der Waals surface area contributed by atoms with Crippen molar-refractivity contribution in [1.82, 2.24) is 4.90 Å². The minimum absolute atomic E-state index is 0.0750. The molecule has 25 heavy (non-hydrogen) atoms. The van der Waals surface area contributed by atoms with Crippen LogP contribution in [0.4, 0.5) is 5.69 Å². The number of fused-ring (bicyclic) bond motifs is 1. The van der Waals surface area contributed by atoms with E-state index in [1.807, 2.05) is 31.2 Å². The Morgan fingerprint density at radius 1 is 1.12 bits per heavy atom. The Balaban J connectivity index is 1.71. The van der Waals surface area contributed by atoms with Crippen molar-refractivity contribution in [2.24, 2.45) is 4.99 Å². The second-order valence-electron chi connectivity index (χ2n) is 6.53. The Kier molecular flexibility index (Phi) is 4.37. The van der Waals surface area contributed by atoms with Crippen LogP contribution in [0.3, 0.4) is 0 Å². The SMILES string of the molecule is CCCN1C(=O)/C(=C2/SC(N3CCCCC3)=NC2=O)c2ccccc21. The Morgan fingerprint density at radius 3 is 2.64 bits per heavy atom. The van der Waals surface area contributed by atoms with E-state index >= 15 is 0 Å². The Bertz CT molecular complexity index is 794. The van der Waals surface area contributed by atoms with Crippen LogP contribution >= 0.6 is 11.8 Å². The smallest absolute Gasteiger partial charge is 0.287 e. The zero-order valence-electron chi connectivity index (χ0n) is 14.3. The molecule has 1 aromatic carbocycles. The summed E-state index contributed by atoms with van der Waals surface area (Å²) in [5.41, 5.74) is 2.28. The number of carbonyl (C=O) groups is 2. The minimum atomic E-state index is -0.276. The molecule has 0 bridgehead atoms. The van der Waals surface area contributed by atoms with Crippen molar-refractivity contribution in [1.29, 1.82) is 0 Å². The van der Waals surface area contributed by atoms with Gasteiger partial charge in [-0.15, -0.1) is 0 Å². The molecular formula is C19H21N3O2S. The molecule has 130 valence electrons. The molecule has 2 amide bonds. The van der Waals surface area contributed by atoms with Crippen LogP contribution in [0.5, 0.6) is 0 Å². The number of amides is 2. The number of anilines is 1. The van der Waals surface area contributed by atoms with E-state index in [0.29, 0.717) is 17.0 Å². The Morgan fingerprint density at radius 2 is 1.88 bits per heavy atom. The van der Waals surface area contributed by atoms with Crippen LogP contribution in [0.25, 0.3) is 5.57 Å². The summed E-state index contributed by atoms with van der Waals surface area (Å²) in [6.07, 6.45) is 4.37. The molecule has 3 aliphatic rings. The van der Waals surface area contributed by atoms with Gasteiger partial charge in [-0.25, -0.2) is 0 Å². The topological polar surface area (TPSA) is 53.0 Å². The van der Waals surface area contributed by atoms with Crippen molar-refractivity contribution in [3.63, 3.8) is 0 Å². The van der Waals surface area contributed by atoms with Gasteiger partial charge >= 0.3 is 0 Å². The number of rotatable bonds is 2. The van der Waals surface area contributed by atoms with Gasteiger partial charge in [0.05, 0.1) is 16.2 Å². The lowest BCUT2D eigenvalue weighted by Gasteiger charge is -2.27. The summed E-state index contributed by atoms with van der Waals surface area (Å²) in [6.45, 7) is 4.59. The molecule has 6 heteroatoms. The van der Waals surface area contributed by atoms with Crippen LogP contribution in [-0.2, 0) is 9.59 Å². The molecule has 1 aromatic rings. The first-order chi connectivity index (χ1) is 12.2. The van der Waals surface area contributed by atoms with Crippen LogP contribution in [0.2, 0.25) is 0 Å². The second kappa shape index (κ2) is 6.67. The molecule has 0 radical (unpaired) electrons. The number of carbonyl (C=O) groups excluding carboxylic acids is 2. The molecule has 0 aliphatic carbocycles. The molecule has 1 saturated heterocycles. The Hall–Kier alpha value is -2.08. The van der Waals surface area contributed by atoms with Crippen LogP contribution in [0.15, 0.2) is 34.2 Å². The number of amidine groups is 1. The van der Waals surface area contributed by atoms with E-state index in [-0.39, 0.29) is 11.8 Å². The predicted octanol–water partition coefficient (Wildman–Crippen LogP) is 3.27. The fraction of sp³-hybridized carbons (Fsp3) is 0.421. The maximum atomic E-state index is 13.0. The van der Waals surface area contributed by atoms with Crippen molar-refractivity contribution in [3.8, 4) is 0 Å². The summed E-state index contributed by atoms with van der Waals surface area (Å²) in [6, 6.07) is 7.73. The third kappa shape index (κ3) is 2.78. The molecule has 0 unspecified atom stereocenters. The number of hydrogen-bond donors (Lipinski definition) is 0. The summed E-state index contributed by atoms with van der Waals surface area (Å²) in [5.74, 6) is -0.351. The summed E-state index contributed by atoms with van der Waals surface area (Å²) in [7, 11) is 0. The van der Waals surface area contributed by atoms with Gasteiger partial charge in [0, 0.05) is 25.2 Å². The average molecular weight is 355 g/mol. The minimum Gasteiger partial charge on any atom is -0.351 e. The molecule has 0 saturated carbocycles. The van der Waals surface area contributed by atoms with Crippen molar-refractivity contribution in [2.45, 2.75) is 32.6 Å². The van der Waals surface area contributed by atoms with Gasteiger partial charge in [0.1, 0.15) is 0 Å². The molecule has 3 heterocycles. The number of likely N-dealkylation sites (tertiary alicyclic amines) is 1. The van der Waals surface area contributed by atoms with Gasteiger partial charge in [0.25, 0.3) is 11.8 Å². The normalized spacial score (nSPS) is 23.3. The van der Waals surface area contributed by atoms with E-state index in [2.05, 4.69) is 9.89 Å². The van der Waals surface area contributed by atoms with E-state index in [0.717, 1.165) is 48.8 Å². The summed E-state index contributed by atoms with van der Waals surface area (Å²) < 4.78 is 0. The quantitative estimate of drug-likeness (QED) is 0.764. The summed E-state index contributed by atoms with van der Waals surface area (Å²) in [4.78, 5) is 34.3. The molecule has 0 aromatic heterocycles. The number of aliphatic imine (C=N–C) groups is 1. The summed E-state index contributed by atoms with van der Waals surface area (Å²) in [5, 5.41) is 0.756. The van der Waals surface area contributed by atoms with E-state index in [1.165, 1.54) is 18.2 Å². The van der Waals surface area contributed by atoms with Gasteiger partial charge in [-0.05, 0) is 43.5 Å². The second-order valence-corrected chi connectivity index (χ2v) is 7.50. The van der Waals surface area contributed by atoms with Crippen LogP contribution < -0.4 is 4.90 Å². The third-order valence-corrected chi connectivity index (χ3v) is 5.92. The highest BCUT2D eigenvalue weighted by Crippen LogP contribution is 2.43. The lowest BCUT2D eigenvalue weighted by atomic mass is 10.1. The number of thioether (sulfide) groups is 1. The number of para-hydroxylation sites is 1. The lowest BCUT2D eigenvalue weighted by Crippen LogP contribution is -2.33. The van der Waals surface area contributed by atoms with Gasteiger partial charge in [-0.1, -0.05) is 25.1 Å². The van der Waals surface area contributed by atoms with E-state index in [4.69, 9.17) is 0 Å². The monoisotopic (exact) mass is 355 g/mol. The maximum Gasteiger partial charge on any atom is 0.287 e.